The van der Waals surface area contributed by atoms with Crippen LogP contribution >= 0.6 is 11.3 Å². The first-order valence-corrected chi connectivity index (χ1v) is 7.42. The molecule has 0 saturated carbocycles. The summed E-state index contributed by atoms with van der Waals surface area (Å²) >= 11 is 1.66. The molecule has 0 radical (unpaired) electrons. The molecule has 0 amide bonds. The number of ether oxygens (including phenoxy) is 2. The lowest BCUT2D eigenvalue weighted by molar-refractivity contribution is -0.0325. The third-order valence-electron chi connectivity index (χ3n) is 3.62. The van der Waals surface area contributed by atoms with Crippen molar-refractivity contribution in [2.75, 3.05) is 19.8 Å². The van der Waals surface area contributed by atoms with Gasteiger partial charge in [-0.3, -0.25) is 0 Å². The Labute approximate surface area is 113 Å². The van der Waals surface area contributed by atoms with Crippen LogP contribution in [0.15, 0.2) is 5.38 Å². The molecule has 1 saturated heterocycles. The van der Waals surface area contributed by atoms with Crippen LogP contribution in [0.1, 0.15) is 43.8 Å². The number of nitrogens with zero attached hydrogens (tertiary/aromatic N) is 1. The van der Waals surface area contributed by atoms with Crippen LogP contribution < -0.4 is 5.73 Å². The van der Waals surface area contributed by atoms with Crippen LogP contribution in [0.2, 0.25) is 0 Å². The van der Waals surface area contributed by atoms with Crippen molar-refractivity contribution < 1.29 is 9.47 Å². The van der Waals surface area contributed by atoms with Gasteiger partial charge in [-0.15, -0.1) is 11.3 Å². The van der Waals surface area contributed by atoms with Crippen LogP contribution in [0.5, 0.6) is 0 Å². The molecule has 1 aromatic heterocycles. The van der Waals surface area contributed by atoms with E-state index in [0.29, 0.717) is 19.8 Å². The van der Waals surface area contributed by atoms with E-state index in [0.717, 1.165) is 17.1 Å². The highest BCUT2D eigenvalue weighted by Crippen LogP contribution is 2.34. The van der Waals surface area contributed by atoms with E-state index in [-0.39, 0.29) is 17.6 Å². The zero-order valence-corrected chi connectivity index (χ0v) is 12.1. The van der Waals surface area contributed by atoms with E-state index in [1.807, 2.05) is 6.92 Å². The van der Waals surface area contributed by atoms with Gasteiger partial charge in [0.25, 0.3) is 0 Å². The predicted molar refractivity (Wildman–Crippen MR) is 72.9 cm³/mol. The van der Waals surface area contributed by atoms with Gasteiger partial charge in [0, 0.05) is 23.9 Å². The summed E-state index contributed by atoms with van der Waals surface area (Å²) < 4.78 is 11.3. The summed E-state index contributed by atoms with van der Waals surface area (Å²) in [5, 5.41) is 3.14. The Morgan fingerprint density at radius 3 is 2.89 bits per heavy atom. The molecule has 1 aliphatic rings. The van der Waals surface area contributed by atoms with Gasteiger partial charge in [0.15, 0.2) is 0 Å². The minimum absolute atomic E-state index is 0.0694. The second-order valence-corrected chi connectivity index (χ2v) is 5.76. The van der Waals surface area contributed by atoms with Crippen LogP contribution in [0, 0.1) is 0 Å². The largest absolute Gasteiger partial charge is 0.379 e. The summed E-state index contributed by atoms with van der Waals surface area (Å²) in [7, 11) is 0. The van der Waals surface area contributed by atoms with Crippen LogP contribution in [0.25, 0.3) is 0 Å². The third-order valence-corrected chi connectivity index (χ3v) is 4.72. The molecule has 4 nitrogen and oxygen atoms in total. The number of hydrogen-bond donors (Lipinski definition) is 1. The Morgan fingerprint density at radius 2 is 2.33 bits per heavy atom. The number of nitrogens with two attached hydrogens (primary N) is 1. The molecule has 1 aromatic rings. The van der Waals surface area contributed by atoms with Gasteiger partial charge in [0.1, 0.15) is 10.6 Å². The molecule has 0 bridgehead atoms. The summed E-state index contributed by atoms with van der Waals surface area (Å²) in [5.74, 6) is 0.234. The summed E-state index contributed by atoms with van der Waals surface area (Å²) in [6.45, 7) is 8.26. The average Bonchev–Trinajstić information content (AvgIpc) is 2.97. The van der Waals surface area contributed by atoms with Gasteiger partial charge in [0.2, 0.25) is 0 Å². The molecular weight excluding hydrogens is 248 g/mol. The topological polar surface area (TPSA) is 57.4 Å². The maximum atomic E-state index is 6.03. The van der Waals surface area contributed by atoms with E-state index in [9.17, 15) is 0 Å². The van der Waals surface area contributed by atoms with Crippen molar-refractivity contribution in [3.8, 4) is 0 Å². The molecule has 0 spiro atoms. The fourth-order valence-corrected chi connectivity index (χ4v) is 3.28. The standard InChI is InChI=1S/C13H22N2O2S/c1-4-13(3,17-5-2)12-15-11(8-18-12)9-6-16-7-10(9)14/h8-10H,4-7,14H2,1-3H3. The Hall–Kier alpha value is -0.490. The summed E-state index contributed by atoms with van der Waals surface area (Å²) in [4.78, 5) is 4.74. The second-order valence-electron chi connectivity index (χ2n) is 4.90. The highest BCUT2D eigenvalue weighted by molar-refractivity contribution is 7.09. The van der Waals surface area contributed by atoms with Gasteiger partial charge in [-0.05, 0) is 20.3 Å². The summed E-state index contributed by atoms with van der Waals surface area (Å²) in [6.07, 6.45) is 0.918. The van der Waals surface area contributed by atoms with Crippen molar-refractivity contribution in [3.05, 3.63) is 16.1 Å². The molecule has 3 unspecified atom stereocenters. The Morgan fingerprint density at radius 1 is 1.56 bits per heavy atom. The first-order chi connectivity index (χ1) is 8.60. The summed E-state index contributed by atoms with van der Waals surface area (Å²) in [6, 6.07) is 0.0694. The number of hydrogen-bond acceptors (Lipinski definition) is 5. The molecule has 2 heterocycles. The van der Waals surface area contributed by atoms with E-state index >= 15 is 0 Å². The normalized spacial score (nSPS) is 27.3. The van der Waals surface area contributed by atoms with Gasteiger partial charge in [0.05, 0.1) is 18.9 Å². The predicted octanol–water partition coefficient (Wildman–Crippen LogP) is 2.25. The average molecular weight is 270 g/mol. The van der Waals surface area contributed by atoms with E-state index in [1.54, 1.807) is 11.3 Å². The van der Waals surface area contributed by atoms with E-state index in [4.69, 9.17) is 20.2 Å². The van der Waals surface area contributed by atoms with Gasteiger partial charge < -0.3 is 15.2 Å². The zero-order valence-electron chi connectivity index (χ0n) is 11.3. The molecular formula is C13H22N2O2S. The maximum Gasteiger partial charge on any atom is 0.125 e. The number of aromatic nitrogens is 1. The monoisotopic (exact) mass is 270 g/mol. The molecule has 2 rings (SSSR count). The zero-order chi connectivity index (χ0) is 13.2. The SMILES string of the molecule is CCOC(C)(CC)c1nc(C2COCC2N)cs1. The maximum absolute atomic E-state index is 6.03. The fraction of sp³-hybridized carbons (Fsp3) is 0.769. The molecule has 0 aromatic carbocycles. The Balaban J connectivity index is 2.18. The lowest BCUT2D eigenvalue weighted by Gasteiger charge is -2.25. The summed E-state index contributed by atoms with van der Waals surface area (Å²) in [5.41, 5.74) is 6.81. The van der Waals surface area contributed by atoms with Gasteiger partial charge >= 0.3 is 0 Å². The minimum Gasteiger partial charge on any atom is -0.379 e. The molecule has 1 aliphatic heterocycles. The van der Waals surface area contributed by atoms with Gasteiger partial charge in [-0.2, -0.15) is 0 Å². The molecule has 2 N–H and O–H groups in total. The van der Waals surface area contributed by atoms with E-state index in [2.05, 4.69) is 19.2 Å². The van der Waals surface area contributed by atoms with Crippen molar-refractivity contribution in [1.29, 1.82) is 0 Å². The van der Waals surface area contributed by atoms with Crippen molar-refractivity contribution in [2.45, 2.75) is 44.8 Å². The third kappa shape index (κ3) is 2.59. The molecule has 3 atom stereocenters. The van der Waals surface area contributed by atoms with Crippen LogP contribution in [-0.2, 0) is 15.1 Å². The van der Waals surface area contributed by atoms with Crippen molar-refractivity contribution in [3.63, 3.8) is 0 Å². The first-order valence-electron chi connectivity index (χ1n) is 6.54. The molecule has 0 aliphatic carbocycles. The Bertz CT molecular complexity index is 396. The van der Waals surface area contributed by atoms with Gasteiger partial charge in [-0.25, -0.2) is 4.98 Å². The fourth-order valence-electron chi connectivity index (χ4n) is 2.21. The molecule has 1 fully saturated rings. The smallest absolute Gasteiger partial charge is 0.125 e. The molecule has 102 valence electrons. The van der Waals surface area contributed by atoms with Crippen LogP contribution in [0.3, 0.4) is 0 Å². The quantitative estimate of drug-likeness (QED) is 0.891. The Kier molecular flexibility index (Phi) is 4.37. The van der Waals surface area contributed by atoms with Gasteiger partial charge in [-0.1, -0.05) is 6.92 Å². The highest BCUT2D eigenvalue weighted by atomic mass is 32.1. The lowest BCUT2D eigenvalue weighted by atomic mass is 10.0. The van der Waals surface area contributed by atoms with Crippen molar-refractivity contribution in [2.24, 2.45) is 5.73 Å². The minimum atomic E-state index is -0.277. The highest BCUT2D eigenvalue weighted by Gasteiger charge is 2.32. The lowest BCUT2D eigenvalue weighted by Crippen LogP contribution is -2.28. The van der Waals surface area contributed by atoms with Crippen LogP contribution in [0.4, 0.5) is 0 Å². The first kappa shape index (κ1) is 13.9. The van der Waals surface area contributed by atoms with Crippen LogP contribution in [-0.4, -0.2) is 30.8 Å². The molecule has 18 heavy (non-hydrogen) atoms. The second kappa shape index (κ2) is 5.65. The number of thiazole rings is 1. The van der Waals surface area contributed by atoms with Crippen molar-refractivity contribution in [1.82, 2.24) is 4.98 Å². The van der Waals surface area contributed by atoms with E-state index in [1.165, 1.54) is 0 Å². The number of rotatable bonds is 5. The molecule has 5 heteroatoms. The van der Waals surface area contributed by atoms with Crippen molar-refractivity contribution >= 4 is 11.3 Å². The van der Waals surface area contributed by atoms with E-state index < -0.39 is 0 Å².